The van der Waals surface area contributed by atoms with Crippen LogP contribution in [0.2, 0.25) is 0 Å². The molecule has 0 radical (unpaired) electrons. The first kappa shape index (κ1) is 16.0. The van der Waals surface area contributed by atoms with E-state index in [1.807, 2.05) is 24.3 Å². The maximum atomic E-state index is 13.3. The van der Waals surface area contributed by atoms with Gasteiger partial charge in [0.15, 0.2) is 0 Å². The van der Waals surface area contributed by atoms with E-state index in [4.69, 9.17) is 4.74 Å². The van der Waals surface area contributed by atoms with Crippen LogP contribution in [0.15, 0.2) is 46.9 Å². The van der Waals surface area contributed by atoms with Crippen LogP contribution in [0, 0.1) is 5.82 Å². The van der Waals surface area contributed by atoms with E-state index in [9.17, 15) is 9.50 Å². The summed E-state index contributed by atoms with van der Waals surface area (Å²) in [5.41, 5.74) is 1.53. The predicted octanol–water partition coefficient (Wildman–Crippen LogP) is 4.65. The van der Waals surface area contributed by atoms with Crippen molar-refractivity contribution in [3.8, 4) is 5.75 Å². The van der Waals surface area contributed by atoms with Crippen molar-refractivity contribution < 1.29 is 14.2 Å². The van der Waals surface area contributed by atoms with Crippen LogP contribution in [-0.4, -0.2) is 11.7 Å². The molecule has 0 aliphatic heterocycles. The fourth-order valence-electron chi connectivity index (χ4n) is 2.03. The molecule has 1 atom stereocenters. The quantitative estimate of drug-likeness (QED) is 0.819. The fraction of sp³-hybridized carbons (Fsp3) is 0.294. The summed E-state index contributed by atoms with van der Waals surface area (Å²) in [6.45, 7) is 2.73. The Morgan fingerprint density at radius 2 is 1.90 bits per heavy atom. The lowest BCUT2D eigenvalue weighted by Gasteiger charge is -2.13. The second-order valence-electron chi connectivity index (χ2n) is 4.87. The number of benzene rings is 2. The van der Waals surface area contributed by atoms with Gasteiger partial charge in [-0.2, -0.15) is 0 Å². The Balaban J connectivity index is 2.05. The zero-order valence-electron chi connectivity index (χ0n) is 11.9. The molecule has 0 aliphatic carbocycles. The van der Waals surface area contributed by atoms with Gasteiger partial charge < -0.3 is 9.84 Å². The van der Waals surface area contributed by atoms with Crippen LogP contribution in [-0.2, 0) is 6.42 Å². The third-order valence-electron chi connectivity index (χ3n) is 3.16. The third kappa shape index (κ3) is 4.55. The largest absolute Gasteiger partial charge is 0.494 e. The summed E-state index contributed by atoms with van der Waals surface area (Å²) >= 11 is 3.37. The first-order chi connectivity index (χ1) is 10.1. The maximum absolute atomic E-state index is 13.3. The van der Waals surface area contributed by atoms with E-state index in [1.165, 1.54) is 12.1 Å². The molecule has 0 aromatic heterocycles. The van der Waals surface area contributed by atoms with Crippen LogP contribution in [0.1, 0.15) is 30.6 Å². The molecular weight excluding hydrogens is 335 g/mol. The lowest BCUT2D eigenvalue weighted by molar-refractivity contribution is 0.178. The van der Waals surface area contributed by atoms with Crippen molar-refractivity contribution in [3.63, 3.8) is 0 Å². The highest BCUT2D eigenvalue weighted by Gasteiger charge is 2.11. The normalized spacial score (nSPS) is 12.2. The molecule has 0 saturated heterocycles. The van der Waals surface area contributed by atoms with Crippen molar-refractivity contribution in [2.24, 2.45) is 0 Å². The van der Waals surface area contributed by atoms with Gasteiger partial charge in [0.2, 0.25) is 0 Å². The molecule has 0 spiro atoms. The lowest BCUT2D eigenvalue weighted by atomic mass is 10.0. The van der Waals surface area contributed by atoms with Crippen LogP contribution in [0.25, 0.3) is 0 Å². The molecule has 0 amide bonds. The Morgan fingerprint density at radius 1 is 1.19 bits per heavy atom. The van der Waals surface area contributed by atoms with Crippen molar-refractivity contribution in [1.29, 1.82) is 0 Å². The van der Waals surface area contributed by atoms with Gasteiger partial charge in [-0.1, -0.05) is 35.0 Å². The molecule has 0 fully saturated rings. The highest BCUT2D eigenvalue weighted by Crippen LogP contribution is 2.25. The van der Waals surface area contributed by atoms with Gasteiger partial charge in [-0.3, -0.25) is 0 Å². The van der Waals surface area contributed by atoms with E-state index >= 15 is 0 Å². The molecule has 21 heavy (non-hydrogen) atoms. The van der Waals surface area contributed by atoms with Crippen LogP contribution in [0.3, 0.4) is 0 Å². The van der Waals surface area contributed by atoms with E-state index in [2.05, 4.69) is 22.9 Å². The number of rotatable bonds is 6. The van der Waals surface area contributed by atoms with E-state index in [1.54, 1.807) is 6.07 Å². The van der Waals surface area contributed by atoms with Crippen molar-refractivity contribution in [2.75, 3.05) is 6.61 Å². The molecule has 4 heteroatoms. The minimum absolute atomic E-state index is 0.302. The summed E-state index contributed by atoms with van der Waals surface area (Å²) in [5.74, 6) is 0.489. The highest BCUT2D eigenvalue weighted by molar-refractivity contribution is 9.10. The number of hydrogen-bond acceptors (Lipinski definition) is 2. The summed E-state index contributed by atoms with van der Waals surface area (Å²) < 4.78 is 19.6. The van der Waals surface area contributed by atoms with Gasteiger partial charge in [-0.25, -0.2) is 4.39 Å². The summed E-state index contributed by atoms with van der Waals surface area (Å²) in [4.78, 5) is 0. The Bertz CT molecular complexity index is 584. The second kappa shape index (κ2) is 7.57. The van der Waals surface area contributed by atoms with E-state index in [0.717, 1.165) is 27.8 Å². The van der Waals surface area contributed by atoms with E-state index in [0.29, 0.717) is 13.0 Å². The van der Waals surface area contributed by atoms with Gasteiger partial charge in [0.05, 0.1) is 12.7 Å². The van der Waals surface area contributed by atoms with Gasteiger partial charge in [-0.05, 0) is 47.9 Å². The van der Waals surface area contributed by atoms with E-state index in [-0.39, 0.29) is 5.82 Å². The zero-order chi connectivity index (χ0) is 15.2. The van der Waals surface area contributed by atoms with Crippen molar-refractivity contribution in [1.82, 2.24) is 0 Å². The summed E-state index contributed by atoms with van der Waals surface area (Å²) in [5, 5.41) is 10.3. The fourth-order valence-corrected chi connectivity index (χ4v) is 2.44. The van der Waals surface area contributed by atoms with Crippen molar-refractivity contribution >= 4 is 15.9 Å². The lowest BCUT2D eigenvalue weighted by Crippen LogP contribution is -2.03. The first-order valence-electron chi connectivity index (χ1n) is 6.95. The average molecular weight is 353 g/mol. The molecule has 2 nitrogen and oxygen atoms in total. The van der Waals surface area contributed by atoms with Gasteiger partial charge in [0.25, 0.3) is 0 Å². The van der Waals surface area contributed by atoms with Gasteiger partial charge in [0, 0.05) is 10.9 Å². The number of aliphatic hydroxyl groups excluding tert-OH is 1. The van der Waals surface area contributed by atoms with Gasteiger partial charge in [-0.15, -0.1) is 0 Å². The molecule has 0 bridgehead atoms. The third-order valence-corrected chi connectivity index (χ3v) is 3.93. The molecule has 1 N–H and O–H groups in total. The minimum atomic E-state index is -0.677. The van der Waals surface area contributed by atoms with Crippen LogP contribution in [0.4, 0.5) is 4.39 Å². The molecule has 2 rings (SSSR count). The summed E-state index contributed by atoms with van der Waals surface area (Å²) in [6, 6.07) is 11.8. The highest BCUT2D eigenvalue weighted by atomic mass is 79.9. The predicted molar refractivity (Wildman–Crippen MR) is 85.0 cm³/mol. The Kier molecular flexibility index (Phi) is 5.76. The molecule has 0 aliphatic rings. The second-order valence-corrected chi connectivity index (χ2v) is 5.73. The van der Waals surface area contributed by atoms with E-state index < -0.39 is 6.10 Å². The standard InChI is InChI=1S/C17H18BrFO2/c1-2-9-21-15-6-3-12(4-7-15)17(20)11-13-10-14(19)5-8-16(13)18/h3-8,10,17,20H,2,9,11H2,1H3. The van der Waals surface area contributed by atoms with Crippen molar-refractivity contribution in [2.45, 2.75) is 25.9 Å². The molecule has 0 saturated carbocycles. The molecule has 112 valence electrons. The summed E-state index contributed by atoms with van der Waals surface area (Å²) in [6.07, 6.45) is 0.634. The topological polar surface area (TPSA) is 29.5 Å². The Morgan fingerprint density at radius 3 is 2.57 bits per heavy atom. The average Bonchev–Trinajstić information content (AvgIpc) is 2.49. The minimum Gasteiger partial charge on any atom is -0.494 e. The van der Waals surface area contributed by atoms with Crippen LogP contribution < -0.4 is 4.74 Å². The Hall–Kier alpha value is -1.39. The summed E-state index contributed by atoms with van der Waals surface area (Å²) in [7, 11) is 0. The van der Waals surface area contributed by atoms with Gasteiger partial charge in [0.1, 0.15) is 11.6 Å². The molecule has 0 heterocycles. The molecule has 1 unspecified atom stereocenters. The van der Waals surface area contributed by atoms with Crippen molar-refractivity contribution in [3.05, 3.63) is 63.9 Å². The number of hydrogen-bond donors (Lipinski definition) is 1. The van der Waals surface area contributed by atoms with Gasteiger partial charge >= 0.3 is 0 Å². The first-order valence-corrected chi connectivity index (χ1v) is 7.74. The maximum Gasteiger partial charge on any atom is 0.123 e. The molecule has 2 aromatic carbocycles. The molecular formula is C17H18BrFO2. The smallest absolute Gasteiger partial charge is 0.123 e. The number of halogens is 2. The zero-order valence-corrected chi connectivity index (χ0v) is 13.4. The van der Waals surface area contributed by atoms with Crippen LogP contribution in [0.5, 0.6) is 5.75 Å². The van der Waals surface area contributed by atoms with Crippen LogP contribution >= 0.6 is 15.9 Å². The number of ether oxygens (including phenoxy) is 1. The molecule has 2 aromatic rings. The Labute approximate surface area is 132 Å². The number of aliphatic hydroxyl groups is 1. The SMILES string of the molecule is CCCOc1ccc(C(O)Cc2cc(F)ccc2Br)cc1. The monoisotopic (exact) mass is 352 g/mol.